The smallest absolute Gasteiger partial charge is 0.329 e. The van der Waals surface area contributed by atoms with Crippen molar-refractivity contribution < 1.29 is 4.79 Å². The van der Waals surface area contributed by atoms with Crippen LogP contribution in [0.5, 0.6) is 0 Å². The molecule has 0 saturated carbocycles. The summed E-state index contributed by atoms with van der Waals surface area (Å²) in [6.45, 7) is 3.85. The van der Waals surface area contributed by atoms with E-state index < -0.39 is 5.41 Å². The average molecular weight is 274 g/mol. The normalized spacial score (nSPS) is 11.3. The molecular formula is C14H18N4O2. The Bertz CT molecular complexity index is 652. The minimum atomic E-state index is -0.615. The van der Waals surface area contributed by atoms with Crippen LogP contribution in [-0.4, -0.2) is 22.0 Å². The molecule has 0 spiro atoms. The number of carbonyl (C=O) groups is 1. The standard InChI is InChI=1S/C14H18N4O2/c1-14(2,9-15)12(19)17-10-3-5-11(6-4-10)18-8-7-16-13(18)20/h3-8H,9,15H2,1-2H3,(H,16,20)(H,17,19). The highest BCUT2D eigenvalue weighted by molar-refractivity contribution is 5.95. The molecule has 6 heteroatoms. The van der Waals surface area contributed by atoms with E-state index in [0.717, 1.165) is 5.69 Å². The van der Waals surface area contributed by atoms with Crippen molar-refractivity contribution in [2.24, 2.45) is 11.1 Å². The number of carbonyl (C=O) groups excluding carboxylic acids is 1. The van der Waals surface area contributed by atoms with Gasteiger partial charge in [0.25, 0.3) is 0 Å². The summed E-state index contributed by atoms with van der Waals surface area (Å²) in [5.74, 6) is -0.133. The van der Waals surface area contributed by atoms with Crippen LogP contribution in [0.1, 0.15) is 13.8 Å². The SMILES string of the molecule is CC(C)(CN)C(=O)Nc1ccc(-n2cc[nH]c2=O)cc1. The Balaban J connectivity index is 2.16. The highest BCUT2D eigenvalue weighted by Gasteiger charge is 2.25. The number of imidazole rings is 1. The fraction of sp³-hybridized carbons (Fsp3) is 0.286. The van der Waals surface area contributed by atoms with Gasteiger partial charge in [0.1, 0.15) is 0 Å². The second kappa shape index (κ2) is 5.34. The van der Waals surface area contributed by atoms with Crippen LogP contribution in [-0.2, 0) is 4.79 Å². The number of anilines is 1. The minimum absolute atomic E-state index is 0.133. The Hall–Kier alpha value is -2.34. The molecule has 20 heavy (non-hydrogen) atoms. The molecule has 0 bridgehead atoms. The monoisotopic (exact) mass is 274 g/mol. The molecule has 0 aliphatic heterocycles. The van der Waals surface area contributed by atoms with E-state index in [1.807, 2.05) is 0 Å². The summed E-state index contributed by atoms with van der Waals surface area (Å²) in [6, 6.07) is 7.03. The minimum Gasteiger partial charge on any atom is -0.329 e. The van der Waals surface area contributed by atoms with E-state index in [-0.39, 0.29) is 18.1 Å². The van der Waals surface area contributed by atoms with E-state index in [9.17, 15) is 9.59 Å². The number of nitrogens with zero attached hydrogens (tertiary/aromatic N) is 1. The molecule has 106 valence electrons. The Morgan fingerprint density at radius 2 is 2.00 bits per heavy atom. The Labute approximate surface area is 116 Å². The molecule has 4 N–H and O–H groups in total. The molecule has 0 fully saturated rings. The van der Waals surface area contributed by atoms with Gasteiger partial charge in [-0.2, -0.15) is 0 Å². The molecule has 0 saturated heterocycles. The summed E-state index contributed by atoms with van der Waals surface area (Å²) in [4.78, 5) is 26.0. The van der Waals surface area contributed by atoms with E-state index in [2.05, 4.69) is 10.3 Å². The summed E-state index contributed by atoms with van der Waals surface area (Å²) < 4.78 is 1.48. The fourth-order valence-electron chi connectivity index (χ4n) is 1.62. The van der Waals surface area contributed by atoms with Crippen LogP contribution in [0, 0.1) is 5.41 Å². The molecule has 1 aromatic heterocycles. The summed E-state index contributed by atoms with van der Waals surface area (Å²) in [5, 5.41) is 2.81. The topological polar surface area (TPSA) is 92.9 Å². The number of aromatic amines is 1. The molecule has 1 aromatic carbocycles. The lowest BCUT2D eigenvalue weighted by Gasteiger charge is -2.21. The van der Waals surface area contributed by atoms with Gasteiger partial charge in [-0.05, 0) is 38.1 Å². The zero-order valence-electron chi connectivity index (χ0n) is 11.5. The van der Waals surface area contributed by atoms with Gasteiger partial charge >= 0.3 is 5.69 Å². The van der Waals surface area contributed by atoms with Gasteiger partial charge in [-0.1, -0.05) is 0 Å². The molecule has 0 radical (unpaired) electrons. The van der Waals surface area contributed by atoms with Crippen LogP contribution in [0.25, 0.3) is 5.69 Å². The van der Waals surface area contributed by atoms with Crippen molar-refractivity contribution in [3.8, 4) is 5.69 Å². The summed E-state index contributed by atoms with van der Waals surface area (Å²) in [5.41, 5.74) is 6.15. The van der Waals surface area contributed by atoms with Crippen LogP contribution in [0.15, 0.2) is 41.5 Å². The van der Waals surface area contributed by atoms with Crippen LogP contribution >= 0.6 is 0 Å². The molecule has 2 rings (SSSR count). The summed E-state index contributed by atoms with van der Waals surface area (Å²) in [7, 11) is 0. The molecule has 6 nitrogen and oxygen atoms in total. The first-order valence-electron chi connectivity index (χ1n) is 6.32. The third-order valence-electron chi connectivity index (χ3n) is 3.18. The molecule has 1 amide bonds. The van der Waals surface area contributed by atoms with Gasteiger partial charge in [0.2, 0.25) is 5.91 Å². The van der Waals surface area contributed by atoms with E-state index in [4.69, 9.17) is 5.73 Å². The number of rotatable bonds is 4. The summed E-state index contributed by atoms with van der Waals surface area (Å²) >= 11 is 0. The van der Waals surface area contributed by atoms with Gasteiger partial charge in [0.15, 0.2) is 0 Å². The Morgan fingerprint density at radius 3 is 2.50 bits per heavy atom. The molecule has 0 atom stereocenters. The van der Waals surface area contributed by atoms with Crippen LogP contribution in [0.4, 0.5) is 5.69 Å². The van der Waals surface area contributed by atoms with Crippen molar-refractivity contribution in [2.75, 3.05) is 11.9 Å². The molecule has 2 aromatic rings. The lowest BCUT2D eigenvalue weighted by molar-refractivity contribution is -0.123. The zero-order chi connectivity index (χ0) is 14.8. The maximum atomic E-state index is 12.0. The molecule has 0 aliphatic rings. The molecule has 1 heterocycles. The Morgan fingerprint density at radius 1 is 1.35 bits per heavy atom. The highest BCUT2D eigenvalue weighted by atomic mass is 16.2. The van der Waals surface area contributed by atoms with E-state index >= 15 is 0 Å². The molecular weight excluding hydrogens is 256 g/mol. The van der Waals surface area contributed by atoms with Crippen molar-refractivity contribution in [3.05, 3.63) is 47.1 Å². The van der Waals surface area contributed by atoms with E-state index in [1.54, 1.807) is 50.5 Å². The van der Waals surface area contributed by atoms with Crippen molar-refractivity contribution in [1.29, 1.82) is 0 Å². The van der Waals surface area contributed by atoms with E-state index in [1.165, 1.54) is 4.57 Å². The maximum Gasteiger partial charge on any atom is 0.330 e. The largest absolute Gasteiger partial charge is 0.330 e. The number of nitrogens with two attached hydrogens (primary N) is 1. The second-order valence-corrected chi connectivity index (χ2v) is 5.22. The number of nitrogens with one attached hydrogen (secondary N) is 2. The molecule has 0 unspecified atom stereocenters. The quantitative estimate of drug-likeness (QED) is 0.779. The van der Waals surface area contributed by atoms with Crippen LogP contribution in [0.3, 0.4) is 0 Å². The lowest BCUT2D eigenvalue weighted by Crippen LogP contribution is -2.37. The van der Waals surface area contributed by atoms with Crippen molar-refractivity contribution in [1.82, 2.24) is 9.55 Å². The number of H-pyrrole nitrogens is 1. The fourth-order valence-corrected chi connectivity index (χ4v) is 1.62. The predicted octanol–water partition coefficient (Wildman–Crippen LogP) is 1.09. The Kier molecular flexibility index (Phi) is 3.76. The van der Waals surface area contributed by atoms with Gasteiger partial charge < -0.3 is 16.0 Å². The van der Waals surface area contributed by atoms with Crippen molar-refractivity contribution in [3.63, 3.8) is 0 Å². The van der Waals surface area contributed by atoms with Crippen LogP contribution < -0.4 is 16.7 Å². The highest BCUT2D eigenvalue weighted by Crippen LogP contribution is 2.18. The van der Waals surface area contributed by atoms with Crippen LogP contribution in [0.2, 0.25) is 0 Å². The first-order valence-corrected chi connectivity index (χ1v) is 6.32. The third-order valence-corrected chi connectivity index (χ3v) is 3.18. The lowest BCUT2D eigenvalue weighted by atomic mass is 9.92. The third kappa shape index (κ3) is 2.80. The summed E-state index contributed by atoms with van der Waals surface area (Å²) in [6.07, 6.45) is 3.22. The van der Waals surface area contributed by atoms with Crippen molar-refractivity contribution in [2.45, 2.75) is 13.8 Å². The van der Waals surface area contributed by atoms with Gasteiger partial charge in [0.05, 0.1) is 11.1 Å². The average Bonchev–Trinajstić information content (AvgIpc) is 2.86. The molecule has 0 aliphatic carbocycles. The van der Waals surface area contributed by atoms with Gasteiger partial charge in [0, 0.05) is 24.6 Å². The van der Waals surface area contributed by atoms with E-state index in [0.29, 0.717) is 5.69 Å². The number of benzene rings is 1. The zero-order valence-corrected chi connectivity index (χ0v) is 11.5. The number of hydrogen-bond donors (Lipinski definition) is 3. The van der Waals surface area contributed by atoms with Gasteiger partial charge in [-0.3, -0.25) is 9.36 Å². The first-order chi connectivity index (χ1) is 9.44. The van der Waals surface area contributed by atoms with Gasteiger partial charge in [-0.15, -0.1) is 0 Å². The first kappa shape index (κ1) is 14.1. The second-order valence-electron chi connectivity index (χ2n) is 5.22. The van der Waals surface area contributed by atoms with Gasteiger partial charge in [-0.25, -0.2) is 4.79 Å². The maximum absolute atomic E-state index is 12.0. The van der Waals surface area contributed by atoms with Crippen molar-refractivity contribution >= 4 is 11.6 Å². The number of hydrogen-bond acceptors (Lipinski definition) is 3. The number of aromatic nitrogens is 2. The number of amides is 1. The predicted molar refractivity (Wildman–Crippen MR) is 77.9 cm³/mol.